The van der Waals surface area contributed by atoms with Crippen LogP contribution in [-0.2, 0) is 6.54 Å². The second-order valence-electron chi connectivity index (χ2n) is 5.39. The Hall–Kier alpha value is -0.980. The number of carbonyl (C=O) groups is 1. The average molecular weight is 283 g/mol. The van der Waals surface area contributed by atoms with Gasteiger partial charge in [0.2, 0.25) is 5.01 Å². The van der Waals surface area contributed by atoms with Crippen LogP contribution in [-0.4, -0.2) is 59.6 Å². The van der Waals surface area contributed by atoms with Gasteiger partial charge < -0.3 is 14.9 Å². The largest absolute Gasteiger partial charge is 0.476 e. The highest BCUT2D eigenvalue weighted by Gasteiger charge is 2.18. The second-order valence-corrected chi connectivity index (χ2v) is 6.25. The predicted molar refractivity (Wildman–Crippen MR) is 75.6 cm³/mol. The number of hydrogen-bond donors (Lipinski definition) is 1. The van der Waals surface area contributed by atoms with E-state index >= 15 is 0 Å². The van der Waals surface area contributed by atoms with Crippen LogP contribution in [0.3, 0.4) is 0 Å². The molecule has 0 aromatic carbocycles. The number of nitrogens with zero attached hydrogens (tertiary/aromatic N) is 3. The van der Waals surface area contributed by atoms with Gasteiger partial charge in [-0.15, -0.1) is 11.3 Å². The minimum Gasteiger partial charge on any atom is -0.476 e. The lowest BCUT2D eigenvalue weighted by atomic mass is 9.97. The lowest BCUT2D eigenvalue weighted by Crippen LogP contribution is -2.35. The van der Waals surface area contributed by atoms with Crippen molar-refractivity contribution in [2.75, 3.05) is 33.7 Å². The van der Waals surface area contributed by atoms with E-state index in [1.165, 1.54) is 37.3 Å². The van der Waals surface area contributed by atoms with E-state index < -0.39 is 5.97 Å². The summed E-state index contributed by atoms with van der Waals surface area (Å²) < 4.78 is 0. The van der Waals surface area contributed by atoms with Crippen molar-refractivity contribution in [3.05, 3.63) is 16.1 Å². The molecule has 1 fully saturated rings. The van der Waals surface area contributed by atoms with Crippen molar-refractivity contribution in [1.29, 1.82) is 0 Å². The number of aromatic carboxylic acids is 1. The van der Waals surface area contributed by atoms with E-state index in [1.807, 2.05) is 5.38 Å². The molecule has 6 heteroatoms. The molecular weight excluding hydrogens is 262 g/mol. The second kappa shape index (κ2) is 6.45. The highest BCUT2D eigenvalue weighted by molar-refractivity contribution is 7.11. The van der Waals surface area contributed by atoms with Gasteiger partial charge in [-0.25, -0.2) is 9.78 Å². The van der Waals surface area contributed by atoms with Gasteiger partial charge in [-0.1, -0.05) is 0 Å². The van der Waals surface area contributed by atoms with Crippen molar-refractivity contribution in [1.82, 2.24) is 14.8 Å². The third kappa shape index (κ3) is 4.26. The molecule has 0 unspecified atom stereocenters. The van der Waals surface area contributed by atoms with E-state index in [2.05, 4.69) is 28.9 Å². The molecule has 5 nitrogen and oxygen atoms in total. The molecule has 2 heterocycles. The van der Waals surface area contributed by atoms with E-state index in [1.54, 1.807) is 0 Å². The summed E-state index contributed by atoms with van der Waals surface area (Å²) >= 11 is 1.20. The van der Waals surface area contributed by atoms with Gasteiger partial charge in [-0.3, -0.25) is 0 Å². The van der Waals surface area contributed by atoms with Crippen LogP contribution in [0.4, 0.5) is 0 Å². The van der Waals surface area contributed by atoms with Gasteiger partial charge in [0.15, 0.2) is 0 Å². The zero-order chi connectivity index (χ0) is 13.8. The molecule has 1 saturated heterocycles. The first-order valence-corrected chi connectivity index (χ1v) is 7.47. The molecule has 0 atom stereocenters. The fourth-order valence-electron chi connectivity index (χ4n) is 2.50. The molecule has 0 bridgehead atoms. The monoisotopic (exact) mass is 283 g/mol. The first-order chi connectivity index (χ1) is 9.04. The minimum absolute atomic E-state index is 0.183. The van der Waals surface area contributed by atoms with Crippen molar-refractivity contribution < 1.29 is 9.90 Å². The van der Waals surface area contributed by atoms with Crippen molar-refractivity contribution in [3.8, 4) is 0 Å². The van der Waals surface area contributed by atoms with Gasteiger partial charge in [-0.05, 0) is 45.9 Å². The summed E-state index contributed by atoms with van der Waals surface area (Å²) in [6.45, 7) is 4.15. The van der Waals surface area contributed by atoms with Gasteiger partial charge in [-0.2, -0.15) is 0 Å². The number of aromatic nitrogens is 1. The van der Waals surface area contributed by atoms with Gasteiger partial charge >= 0.3 is 5.97 Å². The fourth-order valence-corrected chi connectivity index (χ4v) is 3.15. The summed E-state index contributed by atoms with van der Waals surface area (Å²) in [5, 5.41) is 10.9. The first kappa shape index (κ1) is 14.4. The maximum atomic E-state index is 10.8. The third-order valence-electron chi connectivity index (χ3n) is 3.57. The van der Waals surface area contributed by atoms with Crippen LogP contribution >= 0.6 is 11.3 Å². The molecule has 0 spiro atoms. The van der Waals surface area contributed by atoms with E-state index in [4.69, 9.17) is 5.11 Å². The number of piperidine rings is 1. The molecular formula is C13H21N3O2S. The summed E-state index contributed by atoms with van der Waals surface area (Å²) in [5.74, 6) is -0.187. The SMILES string of the molecule is CN1CCC(CN(C)Cc2csc(C(=O)O)n2)CC1. The standard InChI is InChI=1S/C13H21N3O2S/c1-15-5-3-10(4-6-15)7-16(2)8-11-9-19-12(14-11)13(17)18/h9-10H,3-8H2,1-2H3,(H,17,18). The number of likely N-dealkylation sites (tertiary alicyclic amines) is 1. The number of thiazole rings is 1. The molecule has 0 radical (unpaired) electrons. The van der Waals surface area contributed by atoms with Gasteiger partial charge in [0, 0.05) is 18.5 Å². The highest BCUT2D eigenvalue weighted by Crippen LogP contribution is 2.18. The Balaban J connectivity index is 1.80. The molecule has 0 aliphatic carbocycles. The molecule has 1 N–H and O–H groups in total. The van der Waals surface area contributed by atoms with Crippen LogP contribution in [0.15, 0.2) is 5.38 Å². The Morgan fingerprint density at radius 3 is 2.84 bits per heavy atom. The Kier molecular flexibility index (Phi) is 4.90. The van der Waals surface area contributed by atoms with Crippen molar-refractivity contribution >= 4 is 17.3 Å². The van der Waals surface area contributed by atoms with Crippen molar-refractivity contribution in [2.24, 2.45) is 5.92 Å². The average Bonchev–Trinajstić information content (AvgIpc) is 2.80. The number of carboxylic acid groups (broad SMARTS) is 1. The molecule has 0 amide bonds. The zero-order valence-corrected chi connectivity index (χ0v) is 12.3. The fraction of sp³-hybridized carbons (Fsp3) is 0.692. The number of hydrogen-bond acceptors (Lipinski definition) is 5. The molecule has 1 aromatic heterocycles. The molecule has 106 valence electrons. The Morgan fingerprint density at radius 1 is 1.58 bits per heavy atom. The quantitative estimate of drug-likeness (QED) is 0.890. The molecule has 1 aromatic rings. The summed E-state index contributed by atoms with van der Waals surface area (Å²) in [7, 11) is 4.25. The maximum Gasteiger partial charge on any atom is 0.365 e. The van der Waals surface area contributed by atoms with E-state index in [0.717, 1.165) is 24.7 Å². The van der Waals surface area contributed by atoms with Crippen LogP contribution in [0.2, 0.25) is 0 Å². The normalized spacial score (nSPS) is 18.1. The first-order valence-electron chi connectivity index (χ1n) is 6.59. The molecule has 1 aliphatic heterocycles. The van der Waals surface area contributed by atoms with Crippen LogP contribution in [0.5, 0.6) is 0 Å². The Labute approximate surface area is 117 Å². The third-order valence-corrected chi connectivity index (χ3v) is 4.45. The maximum absolute atomic E-state index is 10.8. The summed E-state index contributed by atoms with van der Waals surface area (Å²) in [6.07, 6.45) is 2.50. The predicted octanol–water partition coefficient (Wildman–Crippen LogP) is 1.61. The summed E-state index contributed by atoms with van der Waals surface area (Å²) in [4.78, 5) is 19.5. The number of carboxylic acids is 1. The van der Waals surface area contributed by atoms with Gasteiger partial charge in [0.25, 0.3) is 0 Å². The smallest absolute Gasteiger partial charge is 0.365 e. The van der Waals surface area contributed by atoms with Crippen LogP contribution in [0.1, 0.15) is 28.3 Å². The Morgan fingerprint density at radius 2 is 2.26 bits per heavy atom. The summed E-state index contributed by atoms with van der Waals surface area (Å²) in [6, 6.07) is 0. The molecule has 2 rings (SSSR count). The minimum atomic E-state index is -0.936. The van der Waals surface area contributed by atoms with Crippen LogP contribution in [0, 0.1) is 5.92 Å². The topological polar surface area (TPSA) is 56.7 Å². The van der Waals surface area contributed by atoms with Crippen LogP contribution < -0.4 is 0 Å². The van der Waals surface area contributed by atoms with E-state index in [9.17, 15) is 4.79 Å². The van der Waals surface area contributed by atoms with Crippen LogP contribution in [0.25, 0.3) is 0 Å². The lowest BCUT2D eigenvalue weighted by molar-refractivity contribution is 0.0696. The van der Waals surface area contributed by atoms with Gasteiger partial charge in [0.05, 0.1) is 5.69 Å². The highest BCUT2D eigenvalue weighted by atomic mass is 32.1. The van der Waals surface area contributed by atoms with E-state index in [0.29, 0.717) is 0 Å². The summed E-state index contributed by atoms with van der Waals surface area (Å²) in [5.41, 5.74) is 0.859. The molecule has 1 aliphatic rings. The lowest BCUT2D eigenvalue weighted by Gasteiger charge is -2.31. The van der Waals surface area contributed by atoms with Crippen molar-refractivity contribution in [2.45, 2.75) is 19.4 Å². The number of rotatable bonds is 5. The molecule has 0 saturated carbocycles. The van der Waals surface area contributed by atoms with Gasteiger partial charge in [0.1, 0.15) is 0 Å². The molecule has 19 heavy (non-hydrogen) atoms. The van der Waals surface area contributed by atoms with Crippen molar-refractivity contribution in [3.63, 3.8) is 0 Å². The zero-order valence-electron chi connectivity index (χ0n) is 11.5. The van der Waals surface area contributed by atoms with E-state index in [-0.39, 0.29) is 5.01 Å². The Bertz CT molecular complexity index is 427.